The third-order valence-corrected chi connectivity index (χ3v) is 5.20. The molecule has 0 saturated heterocycles. The van der Waals surface area contributed by atoms with Gasteiger partial charge in [0, 0.05) is 35.8 Å². The number of nitrogens with zero attached hydrogens (tertiary/aromatic N) is 4. The van der Waals surface area contributed by atoms with E-state index in [1.54, 1.807) is 30.9 Å². The highest BCUT2D eigenvalue weighted by Crippen LogP contribution is 2.20. The largest absolute Gasteiger partial charge is 0.451 e. The Labute approximate surface area is 168 Å². The minimum absolute atomic E-state index is 0.128. The molecule has 0 aliphatic carbocycles. The lowest BCUT2D eigenvalue weighted by atomic mass is 10.2. The summed E-state index contributed by atoms with van der Waals surface area (Å²) in [6.45, 7) is 0.0541. The molecule has 0 radical (unpaired) electrons. The van der Waals surface area contributed by atoms with Crippen molar-refractivity contribution in [3.63, 3.8) is 0 Å². The number of esters is 1. The van der Waals surface area contributed by atoms with Crippen molar-refractivity contribution in [3.8, 4) is 10.8 Å². The third kappa shape index (κ3) is 4.95. The zero-order valence-electron chi connectivity index (χ0n) is 14.3. The van der Waals surface area contributed by atoms with Gasteiger partial charge in [0.15, 0.2) is 23.1 Å². The first-order valence-electron chi connectivity index (χ1n) is 7.92. The van der Waals surface area contributed by atoms with Crippen molar-refractivity contribution in [3.05, 3.63) is 63.8 Å². The lowest BCUT2D eigenvalue weighted by Crippen LogP contribution is -2.31. The van der Waals surface area contributed by atoms with Gasteiger partial charge in [0.05, 0.1) is 0 Å². The highest BCUT2D eigenvalue weighted by atomic mass is 79.9. The first-order valence-corrected chi connectivity index (χ1v) is 9.59. The molecule has 0 saturated carbocycles. The second-order valence-electron chi connectivity index (χ2n) is 5.53. The summed E-state index contributed by atoms with van der Waals surface area (Å²) < 4.78 is 6.01. The average Bonchev–Trinajstić information content (AvgIpc) is 3.18. The minimum atomic E-state index is -0.656. The van der Waals surface area contributed by atoms with E-state index in [0.29, 0.717) is 17.4 Å². The van der Waals surface area contributed by atoms with Crippen LogP contribution < -0.4 is 0 Å². The van der Waals surface area contributed by atoms with Gasteiger partial charge in [-0.1, -0.05) is 34.1 Å². The minimum Gasteiger partial charge on any atom is -0.451 e. The fourth-order valence-electron chi connectivity index (χ4n) is 2.16. The summed E-state index contributed by atoms with van der Waals surface area (Å²) in [5.74, 6) is -0.525. The molecule has 3 rings (SSSR count). The van der Waals surface area contributed by atoms with Gasteiger partial charge in [0.25, 0.3) is 5.91 Å². The van der Waals surface area contributed by atoms with Crippen LogP contribution in [0.2, 0.25) is 0 Å². The number of carbonyl (C=O) groups excluding carboxylic acids is 2. The summed E-state index contributed by atoms with van der Waals surface area (Å²) in [4.78, 5) is 38.2. The Hall–Kier alpha value is -2.65. The fourth-order valence-corrected chi connectivity index (χ4v) is 3.31. The number of hydrogen-bond acceptors (Lipinski definition) is 7. The van der Waals surface area contributed by atoms with E-state index in [2.05, 4.69) is 30.9 Å². The van der Waals surface area contributed by atoms with Crippen LogP contribution in [0.4, 0.5) is 0 Å². The predicted octanol–water partition coefficient (Wildman–Crippen LogP) is 3.18. The summed E-state index contributed by atoms with van der Waals surface area (Å²) in [5, 5.41) is 2.07. The highest BCUT2D eigenvalue weighted by Gasteiger charge is 2.18. The van der Waals surface area contributed by atoms with Gasteiger partial charge in [-0.25, -0.2) is 19.7 Å². The molecule has 1 amide bonds. The number of rotatable bonds is 6. The molecule has 27 heavy (non-hydrogen) atoms. The van der Waals surface area contributed by atoms with E-state index in [1.807, 2.05) is 24.3 Å². The molecule has 0 spiro atoms. The molecule has 9 heteroatoms. The molecule has 2 heterocycles. The Bertz CT molecular complexity index is 949. The van der Waals surface area contributed by atoms with Crippen LogP contribution in [0.5, 0.6) is 0 Å². The predicted molar refractivity (Wildman–Crippen MR) is 104 cm³/mol. The van der Waals surface area contributed by atoms with Crippen LogP contribution in [-0.4, -0.2) is 45.4 Å². The molecule has 2 aromatic heterocycles. The second kappa shape index (κ2) is 8.83. The monoisotopic (exact) mass is 446 g/mol. The van der Waals surface area contributed by atoms with Crippen molar-refractivity contribution in [2.45, 2.75) is 6.54 Å². The van der Waals surface area contributed by atoms with Gasteiger partial charge in [-0.3, -0.25) is 4.79 Å². The normalized spacial score (nSPS) is 10.4. The summed E-state index contributed by atoms with van der Waals surface area (Å²) in [7, 11) is 1.66. The van der Waals surface area contributed by atoms with E-state index < -0.39 is 5.97 Å². The zero-order valence-corrected chi connectivity index (χ0v) is 16.7. The van der Waals surface area contributed by atoms with Crippen molar-refractivity contribution in [2.24, 2.45) is 0 Å². The molecule has 7 nitrogen and oxygen atoms in total. The van der Waals surface area contributed by atoms with E-state index in [4.69, 9.17) is 4.74 Å². The molecule has 0 bridgehead atoms. The summed E-state index contributed by atoms with van der Waals surface area (Å²) in [6, 6.07) is 9.32. The van der Waals surface area contributed by atoms with Gasteiger partial charge in [-0.15, -0.1) is 11.3 Å². The van der Waals surface area contributed by atoms with Gasteiger partial charge < -0.3 is 9.64 Å². The van der Waals surface area contributed by atoms with Crippen LogP contribution in [0.3, 0.4) is 0 Å². The van der Waals surface area contributed by atoms with Crippen molar-refractivity contribution in [1.82, 2.24) is 19.9 Å². The van der Waals surface area contributed by atoms with Crippen molar-refractivity contribution >= 4 is 39.1 Å². The number of amides is 1. The first-order chi connectivity index (χ1) is 13.0. The van der Waals surface area contributed by atoms with Gasteiger partial charge in [-0.05, 0) is 17.7 Å². The van der Waals surface area contributed by atoms with Crippen LogP contribution in [0.15, 0.2) is 52.6 Å². The Morgan fingerprint density at radius 3 is 2.67 bits per heavy atom. The smallest absolute Gasteiger partial charge is 0.358 e. The molecule has 1 aromatic carbocycles. The van der Waals surface area contributed by atoms with Crippen LogP contribution in [0, 0.1) is 0 Å². The zero-order chi connectivity index (χ0) is 19.2. The highest BCUT2D eigenvalue weighted by molar-refractivity contribution is 9.10. The maximum Gasteiger partial charge on any atom is 0.358 e. The number of thiazole rings is 1. The first kappa shape index (κ1) is 19.1. The van der Waals surface area contributed by atoms with E-state index in [-0.39, 0.29) is 18.2 Å². The van der Waals surface area contributed by atoms with Crippen LogP contribution >= 0.6 is 27.3 Å². The van der Waals surface area contributed by atoms with Gasteiger partial charge in [-0.2, -0.15) is 0 Å². The Morgan fingerprint density at radius 1 is 1.19 bits per heavy atom. The molecular formula is C18H15BrN4O3S. The quantitative estimate of drug-likeness (QED) is 0.540. The standard InChI is InChI=1S/C18H15BrN4O3S/c1-23(9-12-5-2-3-6-13(12)19)15(24)10-26-18(25)14-11-27-17(22-14)16-20-7-4-8-21-16/h2-8,11H,9-10H2,1H3. The Balaban J connectivity index is 1.55. The fraction of sp³-hybridized carbons (Fsp3) is 0.167. The molecule has 0 aliphatic heterocycles. The van der Waals surface area contributed by atoms with Crippen LogP contribution in [0.25, 0.3) is 10.8 Å². The molecule has 0 aliphatic rings. The molecule has 0 N–H and O–H groups in total. The van der Waals surface area contributed by atoms with Crippen molar-refractivity contribution in [1.29, 1.82) is 0 Å². The number of carbonyl (C=O) groups is 2. The molecule has 0 fully saturated rings. The summed E-state index contributed by atoms with van der Waals surface area (Å²) in [5.41, 5.74) is 1.09. The lowest BCUT2D eigenvalue weighted by molar-refractivity contribution is -0.133. The maximum atomic E-state index is 12.2. The van der Waals surface area contributed by atoms with E-state index >= 15 is 0 Å². The van der Waals surface area contributed by atoms with E-state index in [0.717, 1.165) is 10.0 Å². The van der Waals surface area contributed by atoms with Crippen molar-refractivity contribution in [2.75, 3.05) is 13.7 Å². The van der Waals surface area contributed by atoms with Crippen LogP contribution in [0.1, 0.15) is 16.1 Å². The summed E-state index contributed by atoms with van der Waals surface area (Å²) >= 11 is 4.68. The van der Waals surface area contributed by atoms with Gasteiger partial charge >= 0.3 is 5.97 Å². The Kier molecular flexibility index (Phi) is 6.25. The number of halogens is 1. The Morgan fingerprint density at radius 2 is 1.93 bits per heavy atom. The topological polar surface area (TPSA) is 85.3 Å². The number of aromatic nitrogens is 3. The number of likely N-dealkylation sites (N-methyl/N-ethyl adjacent to an activating group) is 1. The maximum absolute atomic E-state index is 12.2. The number of ether oxygens (including phenoxy) is 1. The molecular weight excluding hydrogens is 432 g/mol. The average molecular weight is 447 g/mol. The van der Waals surface area contributed by atoms with Gasteiger partial charge in [0.1, 0.15) is 0 Å². The van der Waals surface area contributed by atoms with E-state index in [1.165, 1.54) is 16.2 Å². The number of benzene rings is 1. The lowest BCUT2D eigenvalue weighted by Gasteiger charge is -2.17. The van der Waals surface area contributed by atoms with E-state index in [9.17, 15) is 9.59 Å². The third-order valence-electron chi connectivity index (χ3n) is 3.59. The molecule has 0 unspecified atom stereocenters. The SMILES string of the molecule is CN(Cc1ccccc1Br)C(=O)COC(=O)c1csc(-c2ncccn2)n1. The van der Waals surface area contributed by atoms with Crippen molar-refractivity contribution < 1.29 is 14.3 Å². The molecule has 3 aromatic rings. The van der Waals surface area contributed by atoms with Gasteiger partial charge in [0.2, 0.25) is 0 Å². The molecule has 0 atom stereocenters. The van der Waals surface area contributed by atoms with Crippen LogP contribution in [-0.2, 0) is 16.1 Å². The summed E-state index contributed by atoms with van der Waals surface area (Å²) in [6.07, 6.45) is 3.20. The number of hydrogen-bond donors (Lipinski definition) is 0. The molecule has 138 valence electrons. The second-order valence-corrected chi connectivity index (χ2v) is 7.24.